The Morgan fingerprint density at radius 1 is 0.931 bits per heavy atom. The number of hydrogen-bond donors (Lipinski definition) is 1. The highest BCUT2D eigenvalue weighted by atomic mass is 16.3. The summed E-state index contributed by atoms with van der Waals surface area (Å²) >= 11 is 0. The van der Waals surface area contributed by atoms with Crippen LogP contribution in [0.15, 0.2) is 60.6 Å². The molecule has 29 heavy (non-hydrogen) atoms. The van der Waals surface area contributed by atoms with Gasteiger partial charge in [-0.25, -0.2) is 0 Å². The van der Waals surface area contributed by atoms with Crippen molar-refractivity contribution in [3.63, 3.8) is 0 Å². The van der Waals surface area contributed by atoms with Crippen molar-refractivity contribution in [2.24, 2.45) is 0 Å². The van der Waals surface area contributed by atoms with Crippen LogP contribution in [0.5, 0.6) is 0 Å². The van der Waals surface area contributed by atoms with Crippen molar-refractivity contribution in [1.29, 1.82) is 0 Å². The Hall–Kier alpha value is -3.03. The highest BCUT2D eigenvalue weighted by Gasteiger charge is 2.42. The lowest BCUT2D eigenvalue weighted by Crippen LogP contribution is -2.48. The number of carbonyl (C=O) groups is 2. The van der Waals surface area contributed by atoms with E-state index in [2.05, 4.69) is 9.88 Å². The fourth-order valence-corrected chi connectivity index (χ4v) is 3.88. The van der Waals surface area contributed by atoms with Gasteiger partial charge in [-0.15, -0.1) is 0 Å². The van der Waals surface area contributed by atoms with Crippen LogP contribution in [0.1, 0.15) is 11.1 Å². The van der Waals surface area contributed by atoms with E-state index in [1.807, 2.05) is 41.3 Å². The molecule has 1 fully saturated rings. The Bertz CT molecular complexity index is 906. The Morgan fingerprint density at radius 3 is 2.34 bits per heavy atom. The molecular formula is C22H24N4O3. The maximum atomic E-state index is 13.3. The summed E-state index contributed by atoms with van der Waals surface area (Å²) < 4.78 is 0. The van der Waals surface area contributed by atoms with Crippen LogP contribution in [0, 0.1) is 0 Å². The van der Waals surface area contributed by atoms with Crippen molar-refractivity contribution < 1.29 is 14.7 Å². The van der Waals surface area contributed by atoms with Gasteiger partial charge in [0, 0.05) is 45.1 Å². The third-order valence-corrected chi connectivity index (χ3v) is 5.37. The number of hydrogen-bond acceptors (Lipinski definition) is 6. The number of amides is 2. The summed E-state index contributed by atoms with van der Waals surface area (Å²) in [6.07, 6.45) is 3.34. The molecule has 0 bridgehead atoms. The minimum atomic E-state index is -0.266. The first-order chi connectivity index (χ1) is 14.2. The molecule has 1 N–H and O–H groups in total. The van der Waals surface area contributed by atoms with Crippen molar-refractivity contribution in [3.8, 4) is 0 Å². The van der Waals surface area contributed by atoms with Gasteiger partial charge in [0.05, 0.1) is 18.7 Å². The topological polar surface area (TPSA) is 77.0 Å². The van der Waals surface area contributed by atoms with Gasteiger partial charge in [0.1, 0.15) is 5.70 Å². The first kappa shape index (κ1) is 19.3. The Kier molecular flexibility index (Phi) is 5.69. The van der Waals surface area contributed by atoms with E-state index in [1.165, 1.54) is 4.90 Å². The molecule has 0 aliphatic carbocycles. The molecule has 1 aromatic carbocycles. The second-order valence-electron chi connectivity index (χ2n) is 7.20. The maximum Gasteiger partial charge on any atom is 0.278 e. The average molecular weight is 392 g/mol. The Labute approximate surface area is 169 Å². The molecule has 2 aromatic rings. The molecule has 3 heterocycles. The molecule has 0 atom stereocenters. The fourth-order valence-electron chi connectivity index (χ4n) is 3.88. The molecule has 0 saturated carbocycles. The van der Waals surface area contributed by atoms with Crippen LogP contribution in [0.2, 0.25) is 0 Å². The second-order valence-corrected chi connectivity index (χ2v) is 7.20. The monoisotopic (exact) mass is 392 g/mol. The van der Waals surface area contributed by atoms with Crippen LogP contribution >= 0.6 is 0 Å². The maximum absolute atomic E-state index is 13.3. The van der Waals surface area contributed by atoms with E-state index in [4.69, 9.17) is 5.11 Å². The molecule has 1 saturated heterocycles. The van der Waals surface area contributed by atoms with Gasteiger partial charge in [0.15, 0.2) is 0 Å². The van der Waals surface area contributed by atoms with Gasteiger partial charge in [0.25, 0.3) is 11.8 Å². The molecule has 7 heteroatoms. The molecule has 150 valence electrons. The van der Waals surface area contributed by atoms with Gasteiger partial charge < -0.3 is 10.0 Å². The summed E-state index contributed by atoms with van der Waals surface area (Å²) in [6, 6.07) is 13.0. The first-order valence-electron chi connectivity index (χ1n) is 9.82. The number of benzene rings is 1. The molecule has 4 rings (SSSR count). The normalized spacial score (nSPS) is 18.1. The highest BCUT2D eigenvalue weighted by molar-refractivity contribution is 6.35. The number of nitrogens with zero attached hydrogens (tertiary/aromatic N) is 4. The number of pyridine rings is 1. The molecule has 2 amide bonds. The number of imide groups is 1. The van der Waals surface area contributed by atoms with Crippen LogP contribution < -0.4 is 0 Å². The number of carbonyl (C=O) groups excluding carboxylic acids is 2. The molecule has 0 radical (unpaired) electrons. The summed E-state index contributed by atoms with van der Waals surface area (Å²) in [4.78, 5) is 36.2. The zero-order chi connectivity index (χ0) is 20.2. The van der Waals surface area contributed by atoms with E-state index in [1.54, 1.807) is 18.5 Å². The lowest BCUT2D eigenvalue weighted by Gasteiger charge is -2.36. The predicted octanol–water partition coefficient (Wildman–Crippen LogP) is 0.972. The van der Waals surface area contributed by atoms with Crippen LogP contribution in [-0.2, 0) is 16.1 Å². The van der Waals surface area contributed by atoms with E-state index >= 15 is 0 Å². The summed E-state index contributed by atoms with van der Waals surface area (Å²) in [7, 11) is 0. The van der Waals surface area contributed by atoms with Gasteiger partial charge in [0.2, 0.25) is 0 Å². The van der Waals surface area contributed by atoms with Crippen LogP contribution in [0.4, 0.5) is 0 Å². The fraction of sp³-hybridized carbons (Fsp3) is 0.318. The van der Waals surface area contributed by atoms with Crippen molar-refractivity contribution in [3.05, 3.63) is 71.7 Å². The van der Waals surface area contributed by atoms with Crippen LogP contribution in [0.3, 0.4) is 0 Å². The van der Waals surface area contributed by atoms with E-state index < -0.39 is 0 Å². The second kappa shape index (κ2) is 8.55. The zero-order valence-electron chi connectivity index (χ0n) is 16.2. The Morgan fingerprint density at radius 2 is 1.69 bits per heavy atom. The molecule has 2 aliphatic heterocycles. The third kappa shape index (κ3) is 3.92. The third-order valence-electron chi connectivity index (χ3n) is 5.37. The highest BCUT2D eigenvalue weighted by Crippen LogP contribution is 2.33. The quantitative estimate of drug-likeness (QED) is 0.739. The number of aliphatic hydroxyl groups is 1. The molecule has 7 nitrogen and oxygen atoms in total. The average Bonchev–Trinajstić information content (AvgIpc) is 3.01. The largest absolute Gasteiger partial charge is 0.395 e. The summed E-state index contributed by atoms with van der Waals surface area (Å²) in [5, 5.41) is 9.16. The molecule has 0 spiro atoms. The van der Waals surface area contributed by atoms with Gasteiger partial charge in [-0.1, -0.05) is 36.4 Å². The van der Waals surface area contributed by atoms with Crippen LogP contribution in [0.25, 0.3) is 5.57 Å². The van der Waals surface area contributed by atoms with Crippen molar-refractivity contribution >= 4 is 17.4 Å². The standard InChI is InChI=1S/C22H24N4O3/c27-14-13-24-9-11-25(12-10-24)20-19(18-6-2-1-3-7-18)21(28)26(22(20)29)16-17-5-4-8-23-15-17/h1-8,15,27H,9-14,16H2. The molecule has 0 unspecified atom stereocenters. The van der Waals surface area contributed by atoms with E-state index in [9.17, 15) is 9.59 Å². The van der Waals surface area contributed by atoms with Gasteiger partial charge in [-0.3, -0.25) is 24.4 Å². The van der Waals surface area contributed by atoms with Crippen molar-refractivity contribution in [2.45, 2.75) is 6.54 Å². The van der Waals surface area contributed by atoms with E-state index in [0.717, 1.165) is 24.2 Å². The summed E-state index contributed by atoms with van der Waals surface area (Å²) in [5.74, 6) is -0.522. The van der Waals surface area contributed by atoms with Crippen LogP contribution in [-0.4, -0.2) is 75.9 Å². The van der Waals surface area contributed by atoms with E-state index in [0.29, 0.717) is 30.9 Å². The Balaban J connectivity index is 1.65. The number of aliphatic hydroxyl groups excluding tert-OH is 1. The summed E-state index contributed by atoms with van der Waals surface area (Å²) in [6.45, 7) is 3.73. The SMILES string of the molecule is O=C1C(c2ccccc2)=C(N2CCN(CCO)CC2)C(=O)N1Cc1cccnc1. The van der Waals surface area contributed by atoms with Gasteiger partial charge in [-0.05, 0) is 17.2 Å². The van der Waals surface area contributed by atoms with Gasteiger partial charge in [-0.2, -0.15) is 0 Å². The smallest absolute Gasteiger partial charge is 0.278 e. The molecule has 2 aliphatic rings. The zero-order valence-corrected chi connectivity index (χ0v) is 16.2. The van der Waals surface area contributed by atoms with E-state index in [-0.39, 0.29) is 25.0 Å². The number of aromatic nitrogens is 1. The lowest BCUT2D eigenvalue weighted by molar-refractivity contribution is -0.138. The lowest BCUT2D eigenvalue weighted by atomic mass is 10.0. The van der Waals surface area contributed by atoms with Crippen molar-refractivity contribution in [2.75, 3.05) is 39.3 Å². The predicted molar refractivity (Wildman–Crippen MR) is 108 cm³/mol. The number of β-amino-alcohol motifs (C(OH)–C–C–N with tert-alkyl or cyclic N) is 1. The van der Waals surface area contributed by atoms with Crippen molar-refractivity contribution in [1.82, 2.24) is 19.7 Å². The number of rotatable bonds is 6. The molecular weight excluding hydrogens is 368 g/mol. The molecule has 1 aromatic heterocycles. The van der Waals surface area contributed by atoms with Gasteiger partial charge >= 0.3 is 0 Å². The summed E-state index contributed by atoms with van der Waals surface area (Å²) in [5.41, 5.74) is 2.52. The minimum Gasteiger partial charge on any atom is -0.395 e. The number of piperazine rings is 1. The minimum absolute atomic E-state index is 0.119. The first-order valence-corrected chi connectivity index (χ1v) is 9.82.